The number of thioether (sulfide) groups is 2. The second-order valence-corrected chi connectivity index (χ2v) is 26.4. The molecule has 8 nitrogen and oxygen atoms in total. The lowest BCUT2D eigenvalue weighted by Gasteiger charge is -2.47. The van der Waals surface area contributed by atoms with Crippen LogP contribution in [-0.2, 0) is 0 Å². The average molecular weight is 1100 g/mol. The summed E-state index contributed by atoms with van der Waals surface area (Å²) in [6, 6.07) is 1.22. The molecule has 0 aromatic rings. The van der Waals surface area contributed by atoms with Crippen LogP contribution >= 0.6 is 23.5 Å². The Morgan fingerprint density at radius 2 is 0.573 bits per heavy atom. The maximum Gasteiger partial charge on any atom is 0.0667 e. The second kappa shape index (κ2) is 54.9. The fraction of sp³-hybridized carbons (Fsp3) is 1.00. The number of unbranched alkanes of at least 4 members (excludes halogenated alkanes) is 27. The molecule has 0 radical (unpaired) electrons. The lowest BCUT2D eigenvalue weighted by atomic mass is 10.00. The van der Waals surface area contributed by atoms with Crippen LogP contribution in [0, 0.1) is 0 Å². The molecule has 0 aromatic carbocycles. The van der Waals surface area contributed by atoms with Gasteiger partial charge < -0.3 is 20.4 Å². The zero-order valence-electron chi connectivity index (χ0n) is 51.3. The van der Waals surface area contributed by atoms with Crippen molar-refractivity contribution in [2.45, 2.75) is 328 Å². The summed E-state index contributed by atoms with van der Waals surface area (Å²) in [5.74, 6) is 4.39. The van der Waals surface area contributed by atoms with E-state index in [0.717, 1.165) is 101 Å². The molecule has 0 amide bonds. The number of rotatable bonds is 59. The van der Waals surface area contributed by atoms with Gasteiger partial charge in [-0.25, -0.2) is 0 Å². The number of aliphatic hydroxyl groups is 4. The van der Waals surface area contributed by atoms with Crippen LogP contribution in [0.5, 0.6) is 0 Å². The second-order valence-electron chi connectivity index (χ2n) is 23.9. The van der Waals surface area contributed by atoms with E-state index in [0.29, 0.717) is 38.3 Å². The highest BCUT2D eigenvalue weighted by atomic mass is 32.2. The van der Waals surface area contributed by atoms with E-state index >= 15 is 0 Å². The molecule has 1 saturated heterocycles. The number of aliphatic hydroxyl groups excluding tert-OH is 4. The highest BCUT2D eigenvalue weighted by Gasteiger charge is 2.32. The van der Waals surface area contributed by atoms with Crippen molar-refractivity contribution >= 4 is 23.5 Å². The van der Waals surface area contributed by atoms with Gasteiger partial charge in [0.15, 0.2) is 0 Å². The Bertz CT molecular complexity index is 1120. The zero-order valence-corrected chi connectivity index (χ0v) is 53.0. The highest BCUT2D eigenvalue weighted by Crippen LogP contribution is 2.24. The number of piperazine rings is 1. The summed E-state index contributed by atoms with van der Waals surface area (Å²) < 4.78 is 0. The van der Waals surface area contributed by atoms with E-state index in [-0.39, 0.29) is 24.4 Å². The Morgan fingerprint density at radius 3 is 0.813 bits per heavy atom. The van der Waals surface area contributed by atoms with Gasteiger partial charge in [-0.2, -0.15) is 23.5 Å². The van der Waals surface area contributed by atoms with E-state index in [1.165, 1.54) is 212 Å². The van der Waals surface area contributed by atoms with Crippen molar-refractivity contribution in [2.24, 2.45) is 0 Å². The lowest BCUT2D eigenvalue weighted by Crippen LogP contribution is -2.59. The summed E-state index contributed by atoms with van der Waals surface area (Å²) in [5.41, 5.74) is 0. The standard InChI is InChI=1S/C65H134N4O4S2/c1-7-13-17-21-25-29-33-37-43-63(71)57-66(56-62(70)42-36-32-28-24-20-16-10-4)46-50-74-52-48-68-54-61(41-12-6)69(55-60(68)40-11-5)49-53-75-51-47-67(58-64(72)44-38-34-30-26-22-18-14-8-2)59-65(73)45-39-35-31-27-23-19-15-9-3/h60-65,70-73H,7-59H2,1-6H3. The Kier molecular flexibility index (Phi) is 53.8. The minimum Gasteiger partial charge on any atom is -0.392 e. The van der Waals surface area contributed by atoms with Gasteiger partial charge in [-0.3, -0.25) is 19.6 Å². The van der Waals surface area contributed by atoms with Gasteiger partial charge >= 0.3 is 0 Å². The summed E-state index contributed by atoms with van der Waals surface area (Å²) in [6.45, 7) is 23.1. The number of nitrogens with zero attached hydrogens (tertiary/aromatic N) is 4. The van der Waals surface area contributed by atoms with Crippen LogP contribution < -0.4 is 0 Å². The van der Waals surface area contributed by atoms with Crippen LogP contribution in [0.2, 0.25) is 0 Å². The molecule has 1 aliphatic heterocycles. The van der Waals surface area contributed by atoms with Gasteiger partial charge in [-0.05, 0) is 38.5 Å². The summed E-state index contributed by atoms with van der Waals surface area (Å²) in [7, 11) is 0. The molecule has 0 spiro atoms. The van der Waals surface area contributed by atoms with Crippen molar-refractivity contribution in [1.82, 2.24) is 19.6 Å². The Labute approximate surface area is 478 Å². The van der Waals surface area contributed by atoms with E-state index in [4.69, 9.17) is 0 Å². The third-order valence-corrected chi connectivity index (χ3v) is 18.4. The van der Waals surface area contributed by atoms with Crippen molar-refractivity contribution in [3.8, 4) is 0 Å². The van der Waals surface area contributed by atoms with Gasteiger partial charge in [0, 0.05) is 101 Å². The molecule has 1 fully saturated rings. The zero-order chi connectivity index (χ0) is 54.7. The van der Waals surface area contributed by atoms with Gasteiger partial charge in [0.1, 0.15) is 0 Å². The number of hydrogen-bond acceptors (Lipinski definition) is 10. The molecule has 0 saturated carbocycles. The predicted molar refractivity (Wildman–Crippen MR) is 336 cm³/mol. The molecule has 1 aliphatic rings. The van der Waals surface area contributed by atoms with Crippen molar-refractivity contribution in [2.75, 3.05) is 88.5 Å². The Balaban J connectivity index is 2.71. The van der Waals surface area contributed by atoms with Crippen LogP contribution in [0.25, 0.3) is 0 Å². The first-order valence-electron chi connectivity index (χ1n) is 33.5. The number of hydrogen-bond donors (Lipinski definition) is 4. The largest absolute Gasteiger partial charge is 0.392 e. The molecular weight excluding hydrogens is 965 g/mol. The smallest absolute Gasteiger partial charge is 0.0667 e. The van der Waals surface area contributed by atoms with Crippen molar-refractivity contribution in [1.29, 1.82) is 0 Å². The van der Waals surface area contributed by atoms with Crippen LogP contribution in [0.4, 0.5) is 0 Å². The first kappa shape index (κ1) is 73.4. The van der Waals surface area contributed by atoms with Gasteiger partial charge in [-0.15, -0.1) is 0 Å². The molecule has 75 heavy (non-hydrogen) atoms. The maximum atomic E-state index is 11.2. The minimum absolute atomic E-state index is 0.308. The minimum atomic E-state index is -0.309. The summed E-state index contributed by atoms with van der Waals surface area (Å²) in [6.07, 6.45) is 47.1. The third kappa shape index (κ3) is 44.7. The predicted octanol–water partition coefficient (Wildman–Crippen LogP) is 16.2. The van der Waals surface area contributed by atoms with Gasteiger partial charge in [0.25, 0.3) is 0 Å². The van der Waals surface area contributed by atoms with Crippen molar-refractivity contribution in [3.05, 3.63) is 0 Å². The van der Waals surface area contributed by atoms with Crippen LogP contribution in [0.3, 0.4) is 0 Å². The lowest BCUT2D eigenvalue weighted by molar-refractivity contribution is 0.0282. The van der Waals surface area contributed by atoms with Crippen LogP contribution in [0.1, 0.15) is 292 Å². The highest BCUT2D eigenvalue weighted by molar-refractivity contribution is 7.99. The van der Waals surface area contributed by atoms with E-state index in [1.807, 2.05) is 0 Å². The van der Waals surface area contributed by atoms with Crippen molar-refractivity contribution < 1.29 is 20.4 Å². The van der Waals surface area contributed by atoms with E-state index < -0.39 is 0 Å². The maximum absolute atomic E-state index is 11.2. The topological polar surface area (TPSA) is 93.9 Å². The molecule has 6 atom stereocenters. The first-order chi connectivity index (χ1) is 36.7. The Hall–Kier alpha value is 0.380. The van der Waals surface area contributed by atoms with E-state index in [1.54, 1.807) is 0 Å². The monoisotopic (exact) mass is 1100 g/mol. The molecule has 10 heteroatoms. The SMILES string of the molecule is CCCCCCCCCCC(O)CN(CCSCCN1CC(CCC)N(CCSCCN(CC(O)CCCCCCCCCC)CC(O)CCCCCCCCCC)CC1CCC)CC(O)CCCCCCCCC. The van der Waals surface area contributed by atoms with Gasteiger partial charge in [0.2, 0.25) is 0 Å². The van der Waals surface area contributed by atoms with Crippen LogP contribution in [-0.4, -0.2) is 165 Å². The molecule has 0 aliphatic carbocycles. The van der Waals surface area contributed by atoms with E-state index in [9.17, 15) is 20.4 Å². The molecule has 1 rings (SSSR count). The molecule has 450 valence electrons. The van der Waals surface area contributed by atoms with E-state index in [2.05, 4.69) is 84.7 Å². The molecule has 6 unspecified atom stereocenters. The van der Waals surface area contributed by atoms with Gasteiger partial charge in [-0.1, -0.05) is 253 Å². The summed E-state index contributed by atoms with van der Waals surface area (Å²) in [5, 5.41) is 44.7. The molecule has 0 bridgehead atoms. The Morgan fingerprint density at radius 1 is 0.333 bits per heavy atom. The molecule has 4 N–H and O–H groups in total. The fourth-order valence-electron chi connectivity index (χ4n) is 11.7. The van der Waals surface area contributed by atoms with Crippen molar-refractivity contribution in [3.63, 3.8) is 0 Å². The summed E-state index contributed by atoms with van der Waals surface area (Å²) in [4.78, 5) is 10.5. The summed E-state index contributed by atoms with van der Waals surface area (Å²) >= 11 is 4.15. The van der Waals surface area contributed by atoms with Gasteiger partial charge in [0.05, 0.1) is 24.4 Å². The average Bonchev–Trinajstić information content (AvgIpc) is 3.39. The first-order valence-corrected chi connectivity index (χ1v) is 35.8. The third-order valence-electron chi connectivity index (χ3n) is 16.5. The van der Waals surface area contributed by atoms with Crippen LogP contribution in [0.15, 0.2) is 0 Å². The normalized spacial score (nSPS) is 17.4. The molecular formula is C65H134N4O4S2. The molecule has 1 heterocycles. The fourth-order valence-corrected chi connectivity index (χ4v) is 13.6. The molecule has 0 aromatic heterocycles. The quantitative estimate of drug-likeness (QED) is 0.0441.